The number of halogens is 11. The zero-order valence-corrected chi connectivity index (χ0v) is 70.2. The Bertz CT molecular complexity index is 5900. The van der Waals surface area contributed by atoms with Crippen LogP contribution >= 0.6 is 116 Å². The van der Waals surface area contributed by atoms with Gasteiger partial charge in [0.15, 0.2) is 6.29 Å². The van der Waals surface area contributed by atoms with E-state index in [-0.39, 0.29) is 58.1 Å². The summed E-state index contributed by atoms with van der Waals surface area (Å²) in [6, 6.07) is 87.1. The minimum Gasteiger partial charge on any atom is -1.00 e. The molecule has 0 saturated heterocycles. The van der Waals surface area contributed by atoms with Crippen molar-refractivity contribution in [1.82, 2.24) is 29.9 Å². The van der Waals surface area contributed by atoms with Crippen molar-refractivity contribution in [3.8, 4) is 33.4 Å². The Balaban J connectivity index is 0.000000181. The monoisotopic (exact) mass is 1750 g/mol. The molecule has 11 nitrogen and oxygen atoms in total. The van der Waals surface area contributed by atoms with Crippen LogP contribution in [0.3, 0.4) is 0 Å². The molecule has 0 unspecified atom stereocenters. The first-order chi connectivity index (χ1) is 52.8. The summed E-state index contributed by atoms with van der Waals surface area (Å²) < 4.78 is 1.06. The van der Waals surface area contributed by atoms with Gasteiger partial charge in [0.2, 0.25) is 6.20 Å². The number of pyridine rings is 7. The fraction of sp³-hybridized carbons (Fsp3) is 0.0114. The van der Waals surface area contributed by atoms with E-state index in [4.69, 9.17) is 126 Å². The van der Waals surface area contributed by atoms with Gasteiger partial charge in [0.25, 0.3) is 5.52 Å². The van der Waals surface area contributed by atoms with Crippen LogP contribution in [0.1, 0.15) is 23.1 Å². The number of rotatable bonds is 6. The molecule has 0 radical (unpaired) electrons. The van der Waals surface area contributed by atoms with Crippen molar-refractivity contribution in [2.24, 2.45) is 0 Å². The van der Waals surface area contributed by atoms with Gasteiger partial charge in [-0.1, -0.05) is 262 Å². The standard InChI is InChI=1S/C17H12ClN.C16H10ClNO.C15H9Cl2N.C9H6BCl2NO2.C9H5Cl2N.C9H7ClNO.C9H6ClN.C3H6.CH3.BrH.Mg/c1-2-16-13(12-7-4-3-5-8-12)11-14-15(18)9-6-10-17(14)19-16;17-14-7-4-8-15-13(14)9-12(16(10-19)18-15)11-5-2-1-3-6-11;16-13-7-4-8-14-12(13)9-11(15(17)18-14)10-5-2-1-3-6-10;11-7-2-1-3-8-5(7)4-6(10(14)15)9(12)13-8;10-7-2-1-3-8-6(7)4-5-9(11)12-8;10-8-4-1-5-9-7(8)3-2-6-11(9)12;10-8-4-1-5-9-7(8)3-2-6-11-9;1-3-2;;;/h2-11H,1H2;1-10H;1-9H;1-4,14-15H;1-5H;1-6,12H;1-6H;3H,1H2,2H3;1H3;1H;/q;;;;;+1;;;-1;;+2/p-1. The van der Waals surface area contributed by atoms with Crippen molar-refractivity contribution >= 4 is 240 Å². The topological polar surface area (TPSA) is 159 Å². The number of fused-ring (bicyclic) bond motifs is 7. The largest absolute Gasteiger partial charge is 2.00 e. The summed E-state index contributed by atoms with van der Waals surface area (Å²) in [5, 5.41) is 39.3. The van der Waals surface area contributed by atoms with Crippen molar-refractivity contribution in [2.75, 3.05) is 0 Å². The van der Waals surface area contributed by atoms with Crippen LogP contribution in [0.2, 0.25) is 50.6 Å². The van der Waals surface area contributed by atoms with Crippen molar-refractivity contribution in [3.05, 3.63) is 380 Å². The van der Waals surface area contributed by atoms with Crippen molar-refractivity contribution in [2.45, 2.75) is 6.92 Å². The predicted octanol–water partition coefficient (Wildman–Crippen LogP) is 22.7. The number of carbonyl (C=O) groups excluding carboxylic acids is 1. The molecule has 17 aromatic rings. The molecule has 0 aliphatic rings. The molecule has 10 aromatic carbocycles. The third-order valence-electron chi connectivity index (χ3n) is 16.1. The minimum absolute atomic E-state index is 0. The normalized spacial score (nSPS) is 10.1. The minimum atomic E-state index is -1.65. The Morgan fingerprint density at radius 1 is 0.375 bits per heavy atom. The molecule has 0 atom stereocenters. The van der Waals surface area contributed by atoms with E-state index in [1.807, 2.05) is 213 Å². The molecular weight excluding hydrogens is 1690 g/mol. The van der Waals surface area contributed by atoms with Gasteiger partial charge in [-0.15, -0.1) is 6.58 Å². The van der Waals surface area contributed by atoms with E-state index < -0.39 is 7.12 Å². The summed E-state index contributed by atoms with van der Waals surface area (Å²) in [6.07, 6.45) is 7.64. The van der Waals surface area contributed by atoms with Crippen LogP contribution in [-0.4, -0.2) is 81.6 Å². The molecule has 7 heterocycles. The molecule has 0 bridgehead atoms. The summed E-state index contributed by atoms with van der Waals surface area (Å²) >= 11 is 60.0. The average Bonchev–Trinajstić information content (AvgIpc) is 0.789. The number of allylic oxidation sites excluding steroid dienone is 1. The SMILES string of the molecule is C=CC.C=Cc1nc2cccc(Cl)c2cc1-c1ccccc1.Clc1ccc2c(Cl)cccc2n1.Clc1cccc2ncccc12.Clc1nc2cccc(Cl)c2cc1-c1ccccc1.O=Cc1nc2cccc(Cl)c2cc1-c1ccccc1.OB(O)c1cc2c(Cl)cccc2nc1Cl.O[n+]1cccc2c(Cl)cccc21.[Br-].[CH3-].[Mg+2]. The van der Waals surface area contributed by atoms with Crippen LogP contribution in [0.15, 0.2) is 311 Å². The van der Waals surface area contributed by atoms with Crippen LogP contribution in [0.25, 0.3) is 116 Å². The predicted molar refractivity (Wildman–Crippen MR) is 472 cm³/mol. The fourth-order valence-corrected chi connectivity index (χ4v) is 13.2. The molecule has 112 heavy (non-hydrogen) atoms. The van der Waals surface area contributed by atoms with Gasteiger partial charge in [0.1, 0.15) is 21.2 Å². The van der Waals surface area contributed by atoms with E-state index in [1.165, 1.54) is 6.07 Å². The number of nitrogens with zero attached hydrogens (tertiary/aromatic N) is 7. The first kappa shape index (κ1) is 90.3. The quantitative estimate of drug-likeness (QED) is 0.0278. The summed E-state index contributed by atoms with van der Waals surface area (Å²) in [6.45, 7) is 9.10. The number of hydrogen-bond donors (Lipinski definition) is 3. The Kier molecular flexibility index (Phi) is 35.9. The van der Waals surface area contributed by atoms with E-state index >= 15 is 0 Å². The summed E-state index contributed by atoms with van der Waals surface area (Å²) in [7, 11) is -1.65. The number of benzene rings is 10. The summed E-state index contributed by atoms with van der Waals surface area (Å²) in [5.74, 6) is 0. The second kappa shape index (κ2) is 44.6. The van der Waals surface area contributed by atoms with E-state index in [2.05, 4.69) is 61.3 Å². The van der Waals surface area contributed by atoms with Gasteiger partial charge in [-0.05, 0) is 163 Å². The van der Waals surface area contributed by atoms with Gasteiger partial charge < -0.3 is 34.5 Å². The van der Waals surface area contributed by atoms with Crippen LogP contribution in [0, 0.1) is 7.43 Å². The number of carbonyl (C=O) groups is 1. The molecule has 0 saturated carbocycles. The number of hydrogen-bond acceptors (Lipinski definition) is 10. The molecule has 0 fully saturated rings. The summed E-state index contributed by atoms with van der Waals surface area (Å²) in [5.41, 5.74) is 12.9. The number of aldehydes is 1. The molecule has 24 heteroatoms. The molecule has 3 N–H and O–H groups in total. The van der Waals surface area contributed by atoms with E-state index in [9.17, 15) is 10.0 Å². The molecule has 7 aromatic heterocycles. The van der Waals surface area contributed by atoms with Crippen LogP contribution in [0.4, 0.5) is 0 Å². The molecule has 0 spiro atoms. The van der Waals surface area contributed by atoms with E-state index in [0.29, 0.717) is 57.5 Å². The molecular formula is C88H64BBrCl10MgN7O4+. The first-order valence-corrected chi connectivity index (χ1v) is 36.9. The Labute approximate surface area is 725 Å². The van der Waals surface area contributed by atoms with Gasteiger partial charge >= 0.3 is 30.2 Å². The molecule has 0 aliphatic carbocycles. The maximum absolute atomic E-state index is 11.2. The zero-order valence-electron chi connectivity index (χ0n) is 59.7. The molecule has 17 rings (SSSR count). The van der Waals surface area contributed by atoms with Crippen molar-refractivity contribution < 1.29 is 41.8 Å². The van der Waals surface area contributed by atoms with Gasteiger partial charge in [0, 0.05) is 108 Å². The van der Waals surface area contributed by atoms with Crippen LogP contribution in [0.5, 0.6) is 0 Å². The van der Waals surface area contributed by atoms with Gasteiger partial charge in [-0.3, -0.25) is 15.0 Å². The molecule has 556 valence electrons. The van der Waals surface area contributed by atoms with E-state index in [1.54, 1.807) is 73.1 Å². The average molecular weight is 1750 g/mol. The second-order valence-corrected chi connectivity index (χ2v) is 27.2. The summed E-state index contributed by atoms with van der Waals surface area (Å²) in [4.78, 5) is 36.9. The maximum atomic E-state index is 11.2. The van der Waals surface area contributed by atoms with Gasteiger partial charge in [-0.25, -0.2) is 24.9 Å². The Hall–Kier alpha value is -8.85. The second-order valence-electron chi connectivity index (χ2n) is 23.2. The van der Waals surface area contributed by atoms with Crippen molar-refractivity contribution in [1.29, 1.82) is 0 Å². The van der Waals surface area contributed by atoms with Gasteiger partial charge in [0.05, 0.1) is 49.2 Å². The van der Waals surface area contributed by atoms with Crippen LogP contribution in [-0.2, 0) is 0 Å². The van der Waals surface area contributed by atoms with Gasteiger partial charge in [-0.2, -0.15) is 0 Å². The van der Waals surface area contributed by atoms with Crippen molar-refractivity contribution in [3.63, 3.8) is 0 Å². The first-order valence-electron chi connectivity index (χ1n) is 33.1. The van der Waals surface area contributed by atoms with E-state index in [0.717, 1.165) is 120 Å². The fourth-order valence-electron chi connectivity index (χ4n) is 10.9. The maximum Gasteiger partial charge on any atom is 2.00 e. The third kappa shape index (κ3) is 23.6. The smallest absolute Gasteiger partial charge is 1.00 e. The zero-order chi connectivity index (χ0) is 77.5. The molecule has 0 amide bonds. The third-order valence-corrected chi connectivity index (χ3v) is 19.2. The Morgan fingerprint density at radius 3 is 1.17 bits per heavy atom. The Morgan fingerprint density at radius 2 is 0.732 bits per heavy atom. The van der Waals surface area contributed by atoms with Crippen LogP contribution < -0.4 is 27.2 Å². The molecule has 0 aliphatic heterocycles. The number of aromatic nitrogens is 7.